The van der Waals surface area contributed by atoms with E-state index in [9.17, 15) is 13.2 Å². The quantitative estimate of drug-likeness (QED) is 0.757. The third-order valence-electron chi connectivity index (χ3n) is 4.72. The van der Waals surface area contributed by atoms with Gasteiger partial charge in [0.1, 0.15) is 0 Å². The fourth-order valence-corrected chi connectivity index (χ4v) is 5.03. The Morgan fingerprint density at radius 1 is 1.28 bits per heavy atom. The minimum absolute atomic E-state index is 0.108. The number of anilines is 1. The first-order valence-electron chi connectivity index (χ1n) is 8.90. The van der Waals surface area contributed by atoms with Crippen LogP contribution in [-0.2, 0) is 9.84 Å². The zero-order valence-corrected chi connectivity index (χ0v) is 15.1. The van der Waals surface area contributed by atoms with Crippen molar-refractivity contribution in [2.45, 2.75) is 44.6 Å². The molecule has 1 amide bonds. The van der Waals surface area contributed by atoms with Crippen LogP contribution in [0.15, 0.2) is 30.1 Å². The van der Waals surface area contributed by atoms with Crippen LogP contribution in [0.4, 0.5) is 5.69 Å². The maximum Gasteiger partial charge on any atom is 0.252 e. The highest BCUT2D eigenvalue weighted by Crippen LogP contribution is 2.20. The van der Waals surface area contributed by atoms with Crippen LogP contribution < -0.4 is 10.6 Å². The molecule has 1 aliphatic carbocycles. The molecule has 0 radical (unpaired) electrons. The number of allylic oxidation sites excluding steroid dienone is 1. The third-order valence-corrected chi connectivity index (χ3v) is 6.49. The average Bonchev–Trinajstić information content (AvgIpc) is 2.94. The molecule has 1 aliphatic heterocycles. The molecule has 0 bridgehead atoms. The Morgan fingerprint density at radius 3 is 2.88 bits per heavy atom. The monoisotopic (exact) mass is 363 g/mol. The largest absolute Gasteiger partial charge is 0.380 e. The van der Waals surface area contributed by atoms with Crippen LogP contribution in [0.2, 0.25) is 0 Å². The summed E-state index contributed by atoms with van der Waals surface area (Å²) >= 11 is 0. The van der Waals surface area contributed by atoms with Gasteiger partial charge in [-0.25, -0.2) is 8.42 Å². The van der Waals surface area contributed by atoms with Gasteiger partial charge in [0.2, 0.25) is 0 Å². The predicted molar refractivity (Wildman–Crippen MR) is 98.4 cm³/mol. The lowest BCUT2D eigenvalue weighted by Gasteiger charge is -2.14. The topological polar surface area (TPSA) is 88.2 Å². The zero-order chi connectivity index (χ0) is 17.7. The number of aromatic nitrogens is 1. The Kier molecular flexibility index (Phi) is 5.73. The third kappa shape index (κ3) is 5.29. The van der Waals surface area contributed by atoms with Crippen molar-refractivity contribution in [2.24, 2.45) is 0 Å². The summed E-state index contributed by atoms with van der Waals surface area (Å²) in [5, 5.41) is 6.11. The van der Waals surface area contributed by atoms with E-state index in [2.05, 4.69) is 21.7 Å². The van der Waals surface area contributed by atoms with Crippen LogP contribution in [0.5, 0.6) is 0 Å². The summed E-state index contributed by atoms with van der Waals surface area (Å²) in [7, 11) is -2.93. The first kappa shape index (κ1) is 17.9. The molecule has 136 valence electrons. The van der Waals surface area contributed by atoms with Crippen LogP contribution in [-0.4, -0.2) is 43.4 Å². The smallest absolute Gasteiger partial charge is 0.252 e. The fraction of sp³-hybridized carbons (Fsp3) is 0.556. The standard InChI is InChI=1S/C18H25N3O3S/c22-18(20-8-6-14-4-2-1-3-5-14)15-10-17(12-19-11-15)21-16-7-9-25(23,24)13-16/h4,10-12,16,21H,1-3,5-9,13H2,(H,20,22). The molecule has 2 heterocycles. The Labute approximate surface area is 149 Å². The van der Waals surface area contributed by atoms with Crippen LogP contribution in [0, 0.1) is 0 Å². The number of sulfone groups is 1. The highest BCUT2D eigenvalue weighted by molar-refractivity contribution is 7.91. The lowest BCUT2D eigenvalue weighted by Crippen LogP contribution is -2.25. The van der Waals surface area contributed by atoms with E-state index in [-0.39, 0.29) is 23.5 Å². The van der Waals surface area contributed by atoms with E-state index < -0.39 is 9.84 Å². The number of carbonyl (C=O) groups excluding carboxylic acids is 1. The number of hydrogen-bond donors (Lipinski definition) is 2. The molecule has 25 heavy (non-hydrogen) atoms. The summed E-state index contributed by atoms with van der Waals surface area (Å²) in [5.41, 5.74) is 2.61. The molecule has 1 aromatic rings. The van der Waals surface area contributed by atoms with Crippen molar-refractivity contribution < 1.29 is 13.2 Å². The summed E-state index contributed by atoms with van der Waals surface area (Å²) in [5.74, 6) is 0.207. The van der Waals surface area contributed by atoms with Gasteiger partial charge in [-0.3, -0.25) is 9.78 Å². The number of pyridine rings is 1. The molecule has 3 rings (SSSR count). The van der Waals surface area contributed by atoms with Gasteiger partial charge in [0, 0.05) is 25.0 Å². The number of rotatable bonds is 6. The summed E-state index contributed by atoms with van der Waals surface area (Å²) in [6, 6.07) is 1.62. The molecule has 0 aromatic carbocycles. The lowest BCUT2D eigenvalue weighted by atomic mass is 9.97. The second-order valence-corrected chi connectivity index (χ2v) is 9.05. The number of amides is 1. The van der Waals surface area contributed by atoms with Crippen LogP contribution >= 0.6 is 0 Å². The van der Waals surface area contributed by atoms with E-state index in [0.717, 1.165) is 19.3 Å². The Bertz CT molecular complexity index is 759. The first-order valence-corrected chi connectivity index (χ1v) is 10.7. The van der Waals surface area contributed by atoms with Gasteiger partial charge in [-0.2, -0.15) is 0 Å². The van der Waals surface area contributed by atoms with Gasteiger partial charge in [0.05, 0.1) is 22.8 Å². The molecule has 1 aromatic heterocycles. The summed E-state index contributed by atoms with van der Waals surface area (Å²) in [6.07, 6.45) is 11.7. The molecule has 1 saturated heterocycles. The van der Waals surface area contributed by atoms with Gasteiger partial charge >= 0.3 is 0 Å². The Hall–Kier alpha value is -1.89. The Balaban J connectivity index is 1.51. The van der Waals surface area contributed by atoms with Gasteiger partial charge in [-0.05, 0) is 44.6 Å². The second kappa shape index (κ2) is 7.99. The number of nitrogens with zero attached hydrogens (tertiary/aromatic N) is 1. The van der Waals surface area contributed by atoms with Gasteiger partial charge in [0.25, 0.3) is 5.91 Å². The van der Waals surface area contributed by atoms with Gasteiger partial charge in [0.15, 0.2) is 9.84 Å². The molecule has 0 saturated carbocycles. The Morgan fingerprint density at radius 2 is 2.16 bits per heavy atom. The molecular formula is C18H25N3O3S. The van der Waals surface area contributed by atoms with Gasteiger partial charge in [-0.15, -0.1) is 0 Å². The normalized spacial score (nSPS) is 22.2. The number of carbonyl (C=O) groups is 1. The van der Waals surface area contributed by atoms with Crippen LogP contribution in [0.3, 0.4) is 0 Å². The van der Waals surface area contributed by atoms with Crippen molar-refractivity contribution in [2.75, 3.05) is 23.4 Å². The number of hydrogen-bond acceptors (Lipinski definition) is 5. The predicted octanol–water partition coefficient (Wildman–Crippen LogP) is 2.30. The maximum absolute atomic E-state index is 12.3. The van der Waals surface area contributed by atoms with Crippen molar-refractivity contribution in [1.82, 2.24) is 10.3 Å². The zero-order valence-electron chi connectivity index (χ0n) is 14.3. The van der Waals surface area contributed by atoms with Crippen LogP contribution in [0.25, 0.3) is 0 Å². The molecule has 2 N–H and O–H groups in total. The minimum atomic E-state index is -2.93. The van der Waals surface area contributed by atoms with Crippen LogP contribution in [0.1, 0.15) is 48.9 Å². The molecule has 0 spiro atoms. The van der Waals surface area contributed by atoms with E-state index >= 15 is 0 Å². The van der Waals surface area contributed by atoms with E-state index in [0.29, 0.717) is 24.2 Å². The summed E-state index contributed by atoms with van der Waals surface area (Å²) in [4.78, 5) is 16.4. The van der Waals surface area contributed by atoms with Gasteiger partial charge in [-0.1, -0.05) is 11.6 Å². The van der Waals surface area contributed by atoms with Crippen molar-refractivity contribution >= 4 is 21.4 Å². The van der Waals surface area contributed by atoms with Gasteiger partial charge < -0.3 is 10.6 Å². The number of nitrogens with one attached hydrogen (secondary N) is 2. The van der Waals surface area contributed by atoms with E-state index in [1.165, 1.54) is 24.6 Å². The van der Waals surface area contributed by atoms with E-state index in [1.54, 1.807) is 12.3 Å². The van der Waals surface area contributed by atoms with E-state index in [4.69, 9.17) is 0 Å². The van der Waals surface area contributed by atoms with Crippen molar-refractivity contribution in [3.05, 3.63) is 35.7 Å². The molecule has 2 aliphatic rings. The molecule has 7 heteroatoms. The first-order chi connectivity index (χ1) is 12.0. The molecule has 1 fully saturated rings. The molecular weight excluding hydrogens is 338 g/mol. The lowest BCUT2D eigenvalue weighted by molar-refractivity contribution is 0.0953. The summed E-state index contributed by atoms with van der Waals surface area (Å²) in [6.45, 7) is 0.628. The molecule has 1 unspecified atom stereocenters. The molecule has 1 atom stereocenters. The van der Waals surface area contributed by atoms with Crippen molar-refractivity contribution in [3.8, 4) is 0 Å². The average molecular weight is 363 g/mol. The summed E-state index contributed by atoms with van der Waals surface area (Å²) < 4.78 is 23.1. The van der Waals surface area contributed by atoms with E-state index in [1.807, 2.05) is 0 Å². The fourth-order valence-electron chi connectivity index (χ4n) is 3.36. The minimum Gasteiger partial charge on any atom is -0.380 e. The van der Waals surface area contributed by atoms with Crippen molar-refractivity contribution in [3.63, 3.8) is 0 Å². The highest BCUT2D eigenvalue weighted by atomic mass is 32.2. The molecule has 6 nitrogen and oxygen atoms in total. The van der Waals surface area contributed by atoms with Crippen molar-refractivity contribution in [1.29, 1.82) is 0 Å². The second-order valence-electron chi connectivity index (χ2n) is 6.82. The maximum atomic E-state index is 12.3. The SMILES string of the molecule is O=C(NCCC1=CCCCC1)c1cncc(NC2CCS(=O)(=O)C2)c1. The highest BCUT2D eigenvalue weighted by Gasteiger charge is 2.27.